The molecule has 4 nitrogen and oxygen atoms in total. The van der Waals surface area contributed by atoms with Crippen LogP contribution in [0.1, 0.15) is 19.4 Å². The van der Waals surface area contributed by atoms with E-state index in [0.29, 0.717) is 6.07 Å². The van der Waals surface area contributed by atoms with Crippen LogP contribution in [0.5, 0.6) is 0 Å². The molecular formula is C10H12F2N2O2. The van der Waals surface area contributed by atoms with Gasteiger partial charge in [0.05, 0.1) is 11.0 Å². The second-order valence-corrected chi connectivity index (χ2v) is 4.32. The minimum Gasteiger partial charge on any atom is -0.325 e. The second-order valence-electron chi connectivity index (χ2n) is 4.32. The van der Waals surface area contributed by atoms with Crippen LogP contribution < -0.4 is 5.73 Å². The zero-order valence-corrected chi connectivity index (χ0v) is 8.96. The lowest BCUT2D eigenvalue weighted by molar-refractivity contribution is -0.385. The highest BCUT2D eigenvalue weighted by Gasteiger charge is 2.23. The lowest BCUT2D eigenvalue weighted by Gasteiger charge is -2.18. The molecule has 0 unspecified atom stereocenters. The van der Waals surface area contributed by atoms with Crippen LogP contribution in [0.2, 0.25) is 0 Å². The summed E-state index contributed by atoms with van der Waals surface area (Å²) >= 11 is 0. The largest absolute Gasteiger partial charge is 0.325 e. The number of nitrogens with zero attached hydrogens (tertiary/aromatic N) is 1. The molecule has 0 heterocycles. The van der Waals surface area contributed by atoms with Crippen molar-refractivity contribution in [3.05, 3.63) is 39.4 Å². The van der Waals surface area contributed by atoms with E-state index in [2.05, 4.69) is 0 Å². The first-order chi connectivity index (χ1) is 7.20. The van der Waals surface area contributed by atoms with Gasteiger partial charge in [-0.1, -0.05) is 0 Å². The molecule has 6 heteroatoms. The number of nitro benzene ring substituents is 1. The fourth-order valence-corrected chi connectivity index (χ4v) is 1.38. The molecule has 0 amide bonds. The zero-order chi connectivity index (χ0) is 12.5. The Kier molecular flexibility index (Phi) is 3.23. The lowest BCUT2D eigenvalue weighted by Crippen LogP contribution is -2.34. The average Bonchev–Trinajstić information content (AvgIpc) is 2.07. The molecule has 88 valence electrons. The van der Waals surface area contributed by atoms with Crippen LogP contribution >= 0.6 is 0 Å². The fourth-order valence-electron chi connectivity index (χ4n) is 1.38. The second kappa shape index (κ2) is 4.13. The average molecular weight is 230 g/mol. The first-order valence-electron chi connectivity index (χ1n) is 4.62. The highest BCUT2D eigenvalue weighted by Crippen LogP contribution is 2.25. The third-order valence-electron chi connectivity index (χ3n) is 1.96. The van der Waals surface area contributed by atoms with Gasteiger partial charge in [-0.25, -0.2) is 8.78 Å². The van der Waals surface area contributed by atoms with E-state index in [0.717, 1.165) is 6.07 Å². The van der Waals surface area contributed by atoms with Crippen LogP contribution in [0.25, 0.3) is 0 Å². The molecule has 0 aromatic heterocycles. The molecule has 2 N–H and O–H groups in total. The highest BCUT2D eigenvalue weighted by molar-refractivity contribution is 5.41. The van der Waals surface area contributed by atoms with Gasteiger partial charge in [0.25, 0.3) is 5.69 Å². The molecule has 1 rings (SSSR count). The Bertz CT molecular complexity index is 428. The van der Waals surface area contributed by atoms with Crippen molar-refractivity contribution in [2.75, 3.05) is 0 Å². The van der Waals surface area contributed by atoms with Crippen LogP contribution in [0.3, 0.4) is 0 Å². The van der Waals surface area contributed by atoms with E-state index < -0.39 is 27.8 Å². The number of nitrogens with two attached hydrogens (primary N) is 1. The lowest BCUT2D eigenvalue weighted by atomic mass is 9.95. The molecule has 0 spiro atoms. The summed E-state index contributed by atoms with van der Waals surface area (Å²) < 4.78 is 25.8. The molecule has 0 saturated heterocycles. The zero-order valence-electron chi connectivity index (χ0n) is 8.96. The number of halogens is 2. The van der Waals surface area contributed by atoms with Gasteiger partial charge < -0.3 is 5.73 Å². The predicted molar refractivity (Wildman–Crippen MR) is 55.0 cm³/mol. The van der Waals surface area contributed by atoms with Crippen molar-refractivity contribution in [3.8, 4) is 0 Å². The summed E-state index contributed by atoms with van der Waals surface area (Å²) in [5, 5.41) is 10.6. The van der Waals surface area contributed by atoms with Crippen molar-refractivity contribution in [1.82, 2.24) is 0 Å². The van der Waals surface area contributed by atoms with E-state index >= 15 is 0 Å². The molecule has 0 fully saturated rings. The molecule has 0 saturated carbocycles. The molecule has 0 atom stereocenters. The molecule has 1 aromatic rings. The van der Waals surface area contributed by atoms with E-state index in [9.17, 15) is 18.9 Å². The predicted octanol–water partition coefficient (Wildman–Crippen LogP) is 2.15. The normalized spacial score (nSPS) is 11.6. The Morgan fingerprint density at radius 3 is 2.31 bits per heavy atom. The van der Waals surface area contributed by atoms with E-state index in [1.807, 2.05) is 0 Å². The van der Waals surface area contributed by atoms with Gasteiger partial charge in [0.15, 0.2) is 11.6 Å². The van der Waals surface area contributed by atoms with Gasteiger partial charge in [-0.2, -0.15) is 0 Å². The summed E-state index contributed by atoms with van der Waals surface area (Å²) in [7, 11) is 0. The van der Waals surface area contributed by atoms with E-state index in [1.165, 1.54) is 0 Å². The Balaban J connectivity index is 3.25. The number of benzene rings is 1. The van der Waals surface area contributed by atoms with Crippen LogP contribution in [0.4, 0.5) is 14.5 Å². The topological polar surface area (TPSA) is 69.2 Å². The highest BCUT2D eigenvalue weighted by atomic mass is 19.2. The van der Waals surface area contributed by atoms with Crippen LogP contribution in [0.15, 0.2) is 12.1 Å². The molecule has 0 bridgehead atoms. The van der Waals surface area contributed by atoms with Crippen molar-refractivity contribution >= 4 is 5.69 Å². The van der Waals surface area contributed by atoms with Gasteiger partial charge in [-0.3, -0.25) is 10.1 Å². The number of rotatable bonds is 3. The first-order valence-corrected chi connectivity index (χ1v) is 4.62. The third-order valence-corrected chi connectivity index (χ3v) is 1.96. The molecule has 16 heavy (non-hydrogen) atoms. The monoisotopic (exact) mass is 230 g/mol. The summed E-state index contributed by atoms with van der Waals surface area (Å²) in [5.41, 5.74) is 4.61. The van der Waals surface area contributed by atoms with Gasteiger partial charge in [0.2, 0.25) is 0 Å². The molecular weight excluding hydrogens is 218 g/mol. The summed E-state index contributed by atoms with van der Waals surface area (Å²) in [6, 6.07) is 1.40. The minimum atomic E-state index is -1.23. The SMILES string of the molecule is CC(C)(N)Cc1cc(F)c(F)cc1[N+](=O)[O-]. The Labute approximate surface area is 91.2 Å². The smallest absolute Gasteiger partial charge is 0.275 e. The van der Waals surface area contributed by atoms with Crippen molar-refractivity contribution in [2.45, 2.75) is 25.8 Å². The maximum absolute atomic E-state index is 13.0. The first kappa shape index (κ1) is 12.5. The Morgan fingerprint density at radius 1 is 1.38 bits per heavy atom. The molecule has 1 aromatic carbocycles. The molecule has 0 aliphatic heterocycles. The number of nitro groups is 1. The van der Waals surface area contributed by atoms with Gasteiger partial charge in [0, 0.05) is 11.1 Å². The van der Waals surface area contributed by atoms with Crippen LogP contribution in [0, 0.1) is 21.7 Å². The van der Waals surface area contributed by atoms with Gasteiger partial charge >= 0.3 is 0 Å². The van der Waals surface area contributed by atoms with Crippen molar-refractivity contribution in [1.29, 1.82) is 0 Å². The molecule has 0 radical (unpaired) electrons. The Morgan fingerprint density at radius 2 is 1.88 bits per heavy atom. The Hall–Kier alpha value is -1.56. The molecule has 0 aliphatic rings. The van der Waals surface area contributed by atoms with Crippen molar-refractivity contribution in [2.24, 2.45) is 5.73 Å². The summed E-state index contributed by atoms with van der Waals surface area (Å²) in [4.78, 5) is 9.90. The number of hydrogen-bond donors (Lipinski definition) is 1. The summed E-state index contributed by atoms with van der Waals surface area (Å²) in [5.74, 6) is -2.34. The standard InChI is InChI=1S/C10H12F2N2O2/c1-10(2,13)5-6-3-7(11)8(12)4-9(6)14(15)16/h3-4H,5,13H2,1-2H3. The quantitative estimate of drug-likeness (QED) is 0.639. The summed E-state index contributed by atoms with van der Waals surface area (Å²) in [6.07, 6.45) is 0.0977. The minimum absolute atomic E-state index is 0.0939. The maximum atomic E-state index is 13.0. The molecule has 0 aliphatic carbocycles. The van der Waals surface area contributed by atoms with Crippen LogP contribution in [-0.2, 0) is 6.42 Å². The van der Waals surface area contributed by atoms with E-state index in [1.54, 1.807) is 13.8 Å². The maximum Gasteiger partial charge on any atom is 0.275 e. The van der Waals surface area contributed by atoms with Gasteiger partial charge in [-0.15, -0.1) is 0 Å². The summed E-state index contributed by atoms with van der Waals surface area (Å²) in [6.45, 7) is 3.30. The van der Waals surface area contributed by atoms with Crippen molar-refractivity contribution in [3.63, 3.8) is 0 Å². The van der Waals surface area contributed by atoms with Gasteiger partial charge in [-0.05, 0) is 26.3 Å². The van der Waals surface area contributed by atoms with Crippen molar-refractivity contribution < 1.29 is 13.7 Å². The van der Waals surface area contributed by atoms with E-state index in [-0.39, 0.29) is 12.0 Å². The van der Waals surface area contributed by atoms with Gasteiger partial charge in [0.1, 0.15) is 0 Å². The number of hydrogen-bond acceptors (Lipinski definition) is 3. The fraction of sp³-hybridized carbons (Fsp3) is 0.400. The van der Waals surface area contributed by atoms with Crippen LogP contribution in [-0.4, -0.2) is 10.5 Å². The van der Waals surface area contributed by atoms with E-state index in [4.69, 9.17) is 5.73 Å². The third kappa shape index (κ3) is 2.96.